The number of piperidine rings is 1. The van der Waals surface area contributed by atoms with Crippen LogP contribution in [0.25, 0.3) is 10.9 Å². The summed E-state index contributed by atoms with van der Waals surface area (Å²) in [5.41, 5.74) is 4.12. The molecule has 0 unspecified atom stereocenters. The van der Waals surface area contributed by atoms with Crippen LogP contribution >= 0.6 is 7.82 Å². The molecule has 1 saturated heterocycles. The topological polar surface area (TPSA) is 129 Å². The van der Waals surface area contributed by atoms with Gasteiger partial charge < -0.3 is 34.8 Å². The molecular formula is C20H31N4O5P. The van der Waals surface area contributed by atoms with Gasteiger partial charge in [0.25, 0.3) is 0 Å². The van der Waals surface area contributed by atoms with Gasteiger partial charge in [-0.05, 0) is 50.9 Å². The van der Waals surface area contributed by atoms with Gasteiger partial charge in [0.15, 0.2) is 0 Å². The summed E-state index contributed by atoms with van der Waals surface area (Å²) in [6, 6.07) is 7.38. The summed E-state index contributed by atoms with van der Waals surface area (Å²) in [6.07, 6.45) is 4.28. The Bertz CT molecular complexity index is 930. The summed E-state index contributed by atoms with van der Waals surface area (Å²) in [5, 5.41) is 4.68. The maximum Gasteiger partial charge on any atom is 0.466 e. The number of fused-ring (bicyclic) bond motifs is 2. The minimum absolute atomic E-state index is 0.0678. The van der Waals surface area contributed by atoms with Crippen molar-refractivity contribution in [2.75, 3.05) is 26.7 Å². The quantitative estimate of drug-likeness (QED) is 0.466. The third-order valence-electron chi connectivity index (χ3n) is 6.10. The van der Waals surface area contributed by atoms with Crippen LogP contribution in [0.2, 0.25) is 0 Å². The number of carbonyl (C=O) groups excluding carboxylic acids is 1. The number of nitrogens with one attached hydrogen (secondary N) is 2. The number of H-pyrrole nitrogens is 1. The molecule has 166 valence electrons. The number of likely N-dealkylation sites (tertiary alicyclic amines) is 1. The van der Waals surface area contributed by atoms with Crippen LogP contribution in [-0.4, -0.2) is 74.3 Å². The van der Waals surface area contributed by atoms with Crippen molar-refractivity contribution in [1.29, 1.82) is 0 Å². The Morgan fingerprint density at radius 1 is 1.30 bits per heavy atom. The molecule has 0 spiro atoms. The summed E-state index contributed by atoms with van der Waals surface area (Å²) >= 11 is 0. The number of rotatable bonds is 3. The molecule has 1 fully saturated rings. The number of aromatic amines is 1. The molecule has 0 radical (unpaired) electrons. The van der Waals surface area contributed by atoms with Gasteiger partial charge in [-0.15, -0.1) is 0 Å². The second-order valence-electron chi connectivity index (χ2n) is 7.97. The van der Waals surface area contributed by atoms with Gasteiger partial charge in [0.05, 0.1) is 0 Å². The van der Waals surface area contributed by atoms with E-state index < -0.39 is 7.82 Å². The van der Waals surface area contributed by atoms with E-state index in [0.29, 0.717) is 12.0 Å². The van der Waals surface area contributed by atoms with Crippen molar-refractivity contribution in [3.63, 3.8) is 0 Å². The van der Waals surface area contributed by atoms with E-state index >= 15 is 0 Å². The van der Waals surface area contributed by atoms with Crippen molar-refractivity contribution in [2.24, 2.45) is 0 Å². The number of urea groups is 1. The van der Waals surface area contributed by atoms with Gasteiger partial charge in [-0.3, -0.25) is 0 Å². The monoisotopic (exact) mass is 438 g/mol. The van der Waals surface area contributed by atoms with E-state index in [1.807, 2.05) is 18.7 Å². The van der Waals surface area contributed by atoms with E-state index in [-0.39, 0.29) is 12.1 Å². The highest BCUT2D eigenvalue weighted by atomic mass is 31.2. The molecule has 1 aliphatic carbocycles. The molecule has 0 saturated carbocycles. The van der Waals surface area contributed by atoms with E-state index in [1.54, 1.807) is 0 Å². The lowest BCUT2D eigenvalue weighted by molar-refractivity contribution is 0.124. The molecule has 0 bridgehead atoms. The van der Waals surface area contributed by atoms with Crippen molar-refractivity contribution in [3.05, 3.63) is 35.5 Å². The van der Waals surface area contributed by atoms with Gasteiger partial charge in [-0.1, -0.05) is 12.1 Å². The smallest absolute Gasteiger partial charge is 0.361 e. The molecule has 2 aliphatic rings. The first-order valence-corrected chi connectivity index (χ1v) is 11.8. The molecule has 5 N–H and O–H groups in total. The second-order valence-corrected chi connectivity index (χ2v) is 9.00. The van der Waals surface area contributed by atoms with Crippen LogP contribution in [0.15, 0.2) is 24.4 Å². The van der Waals surface area contributed by atoms with Crippen molar-refractivity contribution in [2.45, 2.75) is 44.7 Å². The van der Waals surface area contributed by atoms with Gasteiger partial charge >= 0.3 is 13.9 Å². The first kappa shape index (κ1) is 22.8. The van der Waals surface area contributed by atoms with Crippen molar-refractivity contribution < 1.29 is 24.0 Å². The molecule has 3 atom stereocenters. The molecule has 2 amide bonds. The molecular weight excluding hydrogens is 407 g/mol. The van der Waals surface area contributed by atoms with E-state index in [9.17, 15) is 4.79 Å². The van der Waals surface area contributed by atoms with Gasteiger partial charge in [-0.2, -0.15) is 0 Å². The standard InChI is InChI=1S/C20H28N4O.H3O4P/c1-4-24(5-2)20(25)22-14-10-16-15-7-6-8-17-19(15)13(11-21-17)9-18(16)23(3)12-14;1-5(2,3)4/h6-8,11,14,16,18,21H,4-5,9-10,12H2,1-3H3,(H,22,25);(H3,1,2,3,4)/t14-,16+,18+;/m0./s1. The molecule has 10 heteroatoms. The van der Waals surface area contributed by atoms with Crippen LogP contribution in [0.4, 0.5) is 4.79 Å². The van der Waals surface area contributed by atoms with Crippen LogP contribution in [0, 0.1) is 0 Å². The first-order chi connectivity index (χ1) is 14.1. The number of hydrogen-bond acceptors (Lipinski definition) is 3. The summed E-state index contributed by atoms with van der Waals surface area (Å²) in [6.45, 7) is 6.48. The number of carbonyl (C=O) groups is 1. The lowest BCUT2D eigenvalue weighted by Gasteiger charge is -2.45. The lowest BCUT2D eigenvalue weighted by Crippen LogP contribution is -2.56. The normalized spacial score (nSPS) is 23.3. The minimum Gasteiger partial charge on any atom is -0.361 e. The first-order valence-electron chi connectivity index (χ1n) is 10.2. The average molecular weight is 438 g/mol. The van der Waals surface area contributed by atoms with Crippen molar-refractivity contribution >= 4 is 24.8 Å². The highest BCUT2D eigenvalue weighted by molar-refractivity contribution is 7.45. The summed E-state index contributed by atoms with van der Waals surface area (Å²) in [5.74, 6) is 0.479. The van der Waals surface area contributed by atoms with Crippen LogP contribution in [-0.2, 0) is 11.0 Å². The number of likely N-dealkylation sites (N-methyl/N-ethyl adjacent to an activating group) is 1. The zero-order chi connectivity index (χ0) is 22.1. The predicted molar refractivity (Wildman–Crippen MR) is 115 cm³/mol. The van der Waals surface area contributed by atoms with Crippen LogP contribution < -0.4 is 5.32 Å². The number of benzene rings is 1. The number of amides is 2. The van der Waals surface area contributed by atoms with Crippen molar-refractivity contribution in [3.8, 4) is 0 Å². The molecule has 1 aliphatic heterocycles. The summed E-state index contributed by atoms with van der Waals surface area (Å²) in [4.78, 5) is 41.8. The van der Waals surface area contributed by atoms with Gasteiger partial charge in [0, 0.05) is 54.7 Å². The zero-order valence-corrected chi connectivity index (χ0v) is 18.5. The van der Waals surface area contributed by atoms with Gasteiger partial charge in [-0.25, -0.2) is 9.36 Å². The maximum atomic E-state index is 12.5. The van der Waals surface area contributed by atoms with Crippen LogP contribution in [0.5, 0.6) is 0 Å². The Hall–Kier alpha value is -1.90. The minimum atomic E-state index is -4.64. The fraction of sp³-hybridized carbons (Fsp3) is 0.550. The third kappa shape index (κ3) is 5.04. The number of phosphoric acid groups is 1. The lowest BCUT2D eigenvalue weighted by atomic mass is 9.74. The van der Waals surface area contributed by atoms with E-state index in [1.165, 1.54) is 22.0 Å². The summed E-state index contributed by atoms with van der Waals surface area (Å²) in [7, 11) is -2.44. The SMILES string of the molecule is CCN(CC)C(=O)N[C@H]1C[C@@H]2c3cccc4[nH]cc(c34)C[C@H]2N(C)C1.O=P(O)(O)O. The van der Waals surface area contributed by atoms with Crippen LogP contribution in [0.3, 0.4) is 0 Å². The predicted octanol–water partition coefficient (Wildman–Crippen LogP) is 2.00. The van der Waals surface area contributed by atoms with E-state index in [0.717, 1.165) is 32.5 Å². The second kappa shape index (κ2) is 9.08. The molecule has 2 aromatic rings. The van der Waals surface area contributed by atoms with Gasteiger partial charge in [0.1, 0.15) is 0 Å². The van der Waals surface area contributed by atoms with E-state index in [4.69, 9.17) is 19.2 Å². The Kier molecular flexibility index (Phi) is 6.89. The molecule has 2 heterocycles. The third-order valence-corrected chi connectivity index (χ3v) is 6.10. The molecule has 9 nitrogen and oxygen atoms in total. The van der Waals surface area contributed by atoms with Gasteiger partial charge in [0.2, 0.25) is 0 Å². The molecule has 4 rings (SSSR count). The summed E-state index contributed by atoms with van der Waals surface area (Å²) < 4.78 is 8.88. The highest BCUT2D eigenvalue weighted by Crippen LogP contribution is 2.42. The highest BCUT2D eigenvalue weighted by Gasteiger charge is 2.39. The average Bonchev–Trinajstić information content (AvgIpc) is 3.07. The largest absolute Gasteiger partial charge is 0.466 e. The molecule has 1 aromatic heterocycles. The Morgan fingerprint density at radius 2 is 1.97 bits per heavy atom. The maximum absolute atomic E-state index is 12.5. The Morgan fingerprint density at radius 3 is 2.60 bits per heavy atom. The van der Waals surface area contributed by atoms with Crippen molar-refractivity contribution in [1.82, 2.24) is 20.1 Å². The number of aromatic nitrogens is 1. The fourth-order valence-electron chi connectivity index (χ4n) is 4.82. The molecule has 1 aromatic carbocycles. The zero-order valence-electron chi connectivity index (χ0n) is 17.6. The number of hydrogen-bond donors (Lipinski definition) is 5. The molecule has 30 heavy (non-hydrogen) atoms. The Labute approximate surface area is 176 Å². The van der Waals surface area contributed by atoms with E-state index in [2.05, 4.69) is 46.6 Å². The Balaban J connectivity index is 0.000000461. The fourth-order valence-corrected chi connectivity index (χ4v) is 4.82. The van der Waals surface area contributed by atoms with Crippen LogP contribution in [0.1, 0.15) is 37.3 Å². The number of nitrogens with zero attached hydrogens (tertiary/aromatic N) is 2.